The van der Waals surface area contributed by atoms with Gasteiger partial charge < -0.3 is 5.11 Å². The normalized spacial score (nSPS) is 9.91. The predicted molar refractivity (Wildman–Crippen MR) is 44.7 cm³/mol. The molecule has 0 atom stereocenters. The fourth-order valence-electron chi connectivity index (χ4n) is 0.591. The van der Waals surface area contributed by atoms with Crippen molar-refractivity contribution in [3.05, 3.63) is 17.3 Å². The van der Waals surface area contributed by atoms with Crippen LogP contribution < -0.4 is 0 Å². The third-order valence-corrected chi connectivity index (χ3v) is 2.65. The van der Waals surface area contributed by atoms with Crippen LogP contribution in [0.4, 0.5) is 0 Å². The Morgan fingerprint density at radius 2 is 2.64 bits per heavy atom. The van der Waals surface area contributed by atoms with E-state index >= 15 is 0 Å². The zero-order valence-corrected chi connectivity index (χ0v) is 7.24. The first-order valence-electron chi connectivity index (χ1n) is 2.80. The molecule has 0 fully saturated rings. The first-order chi connectivity index (χ1) is 5.22. The first-order valence-corrected chi connectivity index (χ1v) is 4.67. The van der Waals surface area contributed by atoms with Gasteiger partial charge >= 0.3 is 5.97 Å². The van der Waals surface area contributed by atoms with E-state index in [9.17, 15) is 4.79 Å². The zero-order chi connectivity index (χ0) is 8.27. The number of carbonyl (C=O) groups is 1. The molecule has 0 saturated carbocycles. The lowest BCUT2D eigenvalue weighted by molar-refractivity contribution is -0.136. The molecule has 0 bridgehead atoms. The maximum atomic E-state index is 10.2. The molecule has 0 unspecified atom stereocenters. The quantitative estimate of drug-likeness (QED) is 0.733. The van der Waals surface area contributed by atoms with Crippen molar-refractivity contribution in [3.63, 3.8) is 0 Å². The minimum Gasteiger partial charge on any atom is -0.481 e. The van der Waals surface area contributed by atoms with E-state index in [2.05, 4.69) is 11.2 Å². The Balaban J connectivity index is 2.65. The summed E-state index contributed by atoms with van der Waals surface area (Å²) in [5, 5.41) is 10.1. The molecule has 0 saturated heterocycles. The number of aromatic nitrogens is 1. The van der Waals surface area contributed by atoms with Crippen LogP contribution in [0.1, 0.15) is 5.69 Å². The van der Waals surface area contributed by atoms with Crippen LogP contribution in [-0.4, -0.2) is 16.1 Å². The van der Waals surface area contributed by atoms with E-state index < -0.39 is 5.97 Å². The van der Waals surface area contributed by atoms with Crippen LogP contribution in [0.25, 0.3) is 0 Å². The molecule has 0 amide bonds. The van der Waals surface area contributed by atoms with Gasteiger partial charge in [0.25, 0.3) is 0 Å². The monoisotopic (exact) mass is 188 g/mol. The van der Waals surface area contributed by atoms with Crippen LogP contribution in [0.2, 0.25) is 0 Å². The molecule has 0 spiro atoms. The lowest BCUT2D eigenvalue weighted by Crippen LogP contribution is -1.99. The third kappa shape index (κ3) is 2.51. The summed E-state index contributed by atoms with van der Waals surface area (Å²) in [6.45, 7) is 0. The molecule has 3 nitrogen and oxygen atoms in total. The maximum absolute atomic E-state index is 10.2. The number of carboxylic acids is 1. The van der Waals surface area contributed by atoms with E-state index in [0.29, 0.717) is 5.69 Å². The van der Waals surface area contributed by atoms with E-state index in [-0.39, 0.29) is 6.42 Å². The van der Waals surface area contributed by atoms with Gasteiger partial charge in [0.05, 0.1) is 12.1 Å². The lowest BCUT2D eigenvalue weighted by Gasteiger charge is -1.86. The van der Waals surface area contributed by atoms with E-state index in [1.54, 1.807) is 5.38 Å². The van der Waals surface area contributed by atoms with Crippen molar-refractivity contribution in [2.75, 3.05) is 0 Å². The first kappa shape index (κ1) is 8.55. The molecule has 59 valence electrons. The number of thiazole rings is 1. The van der Waals surface area contributed by atoms with Gasteiger partial charge in [-0.2, -0.15) is 0 Å². The summed E-state index contributed by atoms with van der Waals surface area (Å²) in [5.41, 5.74) is 0.605. The lowest BCUT2D eigenvalue weighted by atomic mass is 10.3. The van der Waals surface area contributed by atoms with Gasteiger partial charge in [0, 0.05) is 11.6 Å². The minimum atomic E-state index is -0.851. The van der Waals surface area contributed by atoms with Crippen molar-refractivity contribution in [2.24, 2.45) is 0 Å². The molecule has 5 heteroatoms. The average Bonchev–Trinajstić information content (AvgIpc) is 2.34. The second kappa shape index (κ2) is 3.73. The summed E-state index contributed by atoms with van der Waals surface area (Å²) in [6.07, 6.45) is 3.56. The second-order valence-corrected chi connectivity index (χ2v) is 3.61. The molecule has 11 heavy (non-hydrogen) atoms. The van der Waals surface area contributed by atoms with Crippen LogP contribution in [0, 0.1) is 6.26 Å². The Kier molecular flexibility index (Phi) is 2.90. The number of nitrogens with zero attached hydrogens (tertiary/aromatic N) is 1. The highest BCUT2D eigenvalue weighted by Gasteiger charge is 2.04. The molecule has 1 aromatic heterocycles. The van der Waals surface area contributed by atoms with E-state index in [1.165, 1.54) is 23.1 Å². The second-order valence-electron chi connectivity index (χ2n) is 1.82. The van der Waals surface area contributed by atoms with Crippen molar-refractivity contribution in [2.45, 2.75) is 10.8 Å². The molecule has 1 heterocycles. The SMILES string of the molecule is [CH2]Sc1nc(CC(=O)O)cs1. The van der Waals surface area contributed by atoms with Crippen LogP contribution in [0.15, 0.2) is 9.72 Å². The summed E-state index contributed by atoms with van der Waals surface area (Å²) >= 11 is 2.70. The number of thioether (sulfide) groups is 1. The van der Waals surface area contributed by atoms with Crippen LogP contribution in [0.3, 0.4) is 0 Å². The van der Waals surface area contributed by atoms with Crippen molar-refractivity contribution in [1.29, 1.82) is 0 Å². The smallest absolute Gasteiger partial charge is 0.309 e. The number of aliphatic carboxylic acids is 1. The van der Waals surface area contributed by atoms with Crippen molar-refractivity contribution in [3.8, 4) is 0 Å². The highest BCUT2D eigenvalue weighted by atomic mass is 32.2. The van der Waals surface area contributed by atoms with Gasteiger partial charge in [0.15, 0.2) is 0 Å². The van der Waals surface area contributed by atoms with Crippen LogP contribution in [0.5, 0.6) is 0 Å². The van der Waals surface area contributed by atoms with Crippen LogP contribution >= 0.6 is 23.1 Å². The highest BCUT2D eigenvalue weighted by molar-refractivity contribution is 8.02. The Hall–Kier alpha value is -0.550. The van der Waals surface area contributed by atoms with Gasteiger partial charge in [-0.05, 0) is 0 Å². The molecular weight excluding hydrogens is 182 g/mol. The topological polar surface area (TPSA) is 50.2 Å². The third-order valence-electron chi connectivity index (χ3n) is 0.986. The standard InChI is InChI=1S/C6H6NO2S2/c1-10-6-7-4(3-11-6)2-5(8)9/h3H,1-2H2,(H,8,9). The maximum Gasteiger partial charge on any atom is 0.309 e. The van der Waals surface area contributed by atoms with E-state index in [0.717, 1.165) is 4.34 Å². The zero-order valence-electron chi connectivity index (χ0n) is 5.61. The van der Waals surface area contributed by atoms with E-state index in [1.807, 2.05) is 0 Å². The summed E-state index contributed by atoms with van der Waals surface area (Å²) in [4.78, 5) is 14.2. The molecular formula is C6H6NO2S2. The Morgan fingerprint density at radius 1 is 1.91 bits per heavy atom. The number of rotatable bonds is 3. The molecule has 1 aromatic rings. The minimum absolute atomic E-state index is 0.00292. The predicted octanol–water partition coefficient (Wildman–Crippen LogP) is 1.65. The van der Waals surface area contributed by atoms with Crippen molar-refractivity contribution >= 4 is 29.1 Å². The van der Waals surface area contributed by atoms with Gasteiger partial charge in [-0.1, -0.05) is 11.8 Å². The van der Waals surface area contributed by atoms with Gasteiger partial charge in [-0.25, -0.2) is 4.98 Å². The highest BCUT2D eigenvalue weighted by Crippen LogP contribution is 2.20. The molecule has 1 N–H and O–H groups in total. The van der Waals surface area contributed by atoms with Crippen molar-refractivity contribution < 1.29 is 9.90 Å². The summed E-state index contributed by atoms with van der Waals surface area (Å²) in [7, 11) is 0. The summed E-state index contributed by atoms with van der Waals surface area (Å²) in [6, 6.07) is 0. The molecule has 0 aliphatic heterocycles. The summed E-state index contributed by atoms with van der Waals surface area (Å²) < 4.78 is 0.807. The Bertz CT molecular complexity index is 259. The van der Waals surface area contributed by atoms with Gasteiger partial charge in [0.2, 0.25) is 0 Å². The van der Waals surface area contributed by atoms with Gasteiger partial charge in [-0.15, -0.1) is 11.3 Å². The average molecular weight is 188 g/mol. The number of hydrogen-bond donors (Lipinski definition) is 1. The molecule has 0 aliphatic rings. The van der Waals surface area contributed by atoms with Crippen molar-refractivity contribution in [1.82, 2.24) is 4.98 Å². The summed E-state index contributed by atoms with van der Waals surface area (Å²) in [5.74, 6) is -0.851. The molecule has 0 aromatic carbocycles. The van der Waals surface area contributed by atoms with Crippen LogP contribution in [-0.2, 0) is 11.2 Å². The fourth-order valence-corrected chi connectivity index (χ4v) is 1.73. The fraction of sp³-hybridized carbons (Fsp3) is 0.167. The largest absolute Gasteiger partial charge is 0.481 e. The Morgan fingerprint density at radius 3 is 3.09 bits per heavy atom. The Labute approximate surface area is 72.5 Å². The van der Waals surface area contributed by atoms with Gasteiger partial charge in [0.1, 0.15) is 4.34 Å². The van der Waals surface area contributed by atoms with E-state index in [4.69, 9.17) is 5.11 Å². The molecule has 1 rings (SSSR count). The molecule has 1 radical (unpaired) electrons. The number of hydrogen-bond acceptors (Lipinski definition) is 4. The number of carboxylic acid groups (broad SMARTS) is 1. The molecule has 0 aliphatic carbocycles. The van der Waals surface area contributed by atoms with Gasteiger partial charge in [-0.3, -0.25) is 4.79 Å².